The van der Waals surface area contributed by atoms with Crippen molar-refractivity contribution in [1.29, 1.82) is 0 Å². The van der Waals surface area contributed by atoms with Crippen LogP contribution in [-0.2, 0) is 0 Å². The third-order valence-corrected chi connectivity index (χ3v) is 2.70. The number of benzene rings is 1. The zero-order valence-electron chi connectivity index (χ0n) is 12.2. The van der Waals surface area contributed by atoms with Gasteiger partial charge in [0.1, 0.15) is 5.75 Å². The van der Waals surface area contributed by atoms with Gasteiger partial charge in [-0.1, -0.05) is 26.8 Å². The van der Waals surface area contributed by atoms with Crippen LogP contribution in [0.5, 0.6) is 5.75 Å². The van der Waals surface area contributed by atoms with Crippen LogP contribution in [0, 0.1) is 5.41 Å². The van der Waals surface area contributed by atoms with Crippen LogP contribution in [0.2, 0.25) is 0 Å². The molecule has 1 rings (SSSR count). The van der Waals surface area contributed by atoms with Crippen LogP contribution in [0.1, 0.15) is 38.1 Å². The Morgan fingerprint density at radius 1 is 1.33 bits per heavy atom. The van der Waals surface area contributed by atoms with Crippen LogP contribution in [-0.4, -0.2) is 26.5 Å². The molecule has 0 aliphatic carbocycles. The lowest BCUT2D eigenvalue weighted by atomic mass is 9.95. The zero-order chi connectivity index (χ0) is 13.9. The van der Waals surface area contributed by atoms with E-state index in [1.165, 1.54) is 0 Å². The zero-order valence-corrected chi connectivity index (χ0v) is 12.2. The van der Waals surface area contributed by atoms with Gasteiger partial charge in [-0.3, -0.25) is 4.79 Å². The van der Waals surface area contributed by atoms with E-state index in [1.54, 1.807) is 14.0 Å². The maximum absolute atomic E-state index is 11.8. The van der Waals surface area contributed by atoms with Gasteiger partial charge < -0.3 is 9.64 Å². The number of ether oxygens (including phenoxy) is 1. The highest BCUT2D eigenvalue weighted by Gasteiger charge is 2.20. The van der Waals surface area contributed by atoms with Crippen molar-refractivity contribution < 1.29 is 9.53 Å². The molecule has 1 aromatic rings. The molecule has 3 heteroatoms. The minimum absolute atomic E-state index is 0.0307. The number of carbonyl (C=O) groups excluding carboxylic acids is 1. The quantitative estimate of drug-likeness (QED) is 0.766. The molecule has 0 atom stereocenters. The molecular formula is C15H23NO2. The highest BCUT2D eigenvalue weighted by Crippen LogP contribution is 2.30. The van der Waals surface area contributed by atoms with Crippen molar-refractivity contribution in [1.82, 2.24) is 0 Å². The third kappa shape index (κ3) is 3.49. The molecular weight excluding hydrogens is 226 g/mol. The van der Waals surface area contributed by atoms with Crippen LogP contribution in [0.25, 0.3) is 0 Å². The highest BCUT2D eigenvalue weighted by molar-refractivity contribution is 6.02. The number of Topliss-reactive ketones (excluding diaryl/α,β-unsaturated/α-hetero) is 1. The molecule has 0 bridgehead atoms. The second-order valence-corrected chi connectivity index (χ2v) is 5.83. The van der Waals surface area contributed by atoms with E-state index >= 15 is 0 Å². The Morgan fingerprint density at radius 3 is 2.39 bits per heavy atom. The summed E-state index contributed by atoms with van der Waals surface area (Å²) in [5, 5.41) is 0. The molecule has 0 fully saturated rings. The molecule has 0 spiro atoms. The van der Waals surface area contributed by atoms with Gasteiger partial charge in [-0.15, -0.1) is 0 Å². The number of hydrogen-bond acceptors (Lipinski definition) is 3. The number of anilines is 1. The van der Waals surface area contributed by atoms with Crippen LogP contribution >= 0.6 is 0 Å². The van der Waals surface area contributed by atoms with Gasteiger partial charge in [0.2, 0.25) is 0 Å². The van der Waals surface area contributed by atoms with Gasteiger partial charge >= 0.3 is 0 Å². The molecule has 0 aliphatic heterocycles. The maximum atomic E-state index is 11.8. The van der Waals surface area contributed by atoms with Crippen molar-refractivity contribution in [2.75, 3.05) is 25.6 Å². The van der Waals surface area contributed by atoms with Crippen molar-refractivity contribution in [2.45, 2.75) is 27.7 Å². The van der Waals surface area contributed by atoms with Gasteiger partial charge in [-0.2, -0.15) is 0 Å². The summed E-state index contributed by atoms with van der Waals surface area (Å²) in [4.78, 5) is 13.9. The fraction of sp³-hybridized carbons (Fsp3) is 0.533. The SMILES string of the molecule is COc1cccc(N(C)CC(C)(C)C)c1C(C)=O. The molecule has 1 aromatic carbocycles. The van der Waals surface area contributed by atoms with E-state index in [4.69, 9.17) is 4.74 Å². The minimum atomic E-state index is 0.0307. The predicted molar refractivity (Wildman–Crippen MR) is 75.7 cm³/mol. The Bertz CT molecular complexity index is 433. The Labute approximate surface area is 110 Å². The first-order valence-corrected chi connectivity index (χ1v) is 6.15. The van der Waals surface area contributed by atoms with E-state index in [1.807, 2.05) is 25.2 Å². The fourth-order valence-corrected chi connectivity index (χ4v) is 2.16. The molecule has 100 valence electrons. The first kappa shape index (κ1) is 14.6. The average molecular weight is 249 g/mol. The second-order valence-electron chi connectivity index (χ2n) is 5.83. The Hall–Kier alpha value is -1.51. The van der Waals surface area contributed by atoms with Crippen LogP contribution in [0.4, 0.5) is 5.69 Å². The molecule has 0 saturated carbocycles. The van der Waals surface area contributed by atoms with E-state index in [-0.39, 0.29) is 11.2 Å². The van der Waals surface area contributed by atoms with E-state index in [0.717, 1.165) is 12.2 Å². The smallest absolute Gasteiger partial charge is 0.165 e. The summed E-state index contributed by atoms with van der Waals surface area (Å²) in [7, 11) is 3.60. The number of methoxy groups -OCH3 is 1. The number of ketones is 1. The topological polar surface area (TPSA) is 29.5 Å². The first-order chi connectivity index (χ1) is 8.26. The van der Waals surface area contributed by atoms with E-state index in [2.05, 4.69) is 25.7 Å². The summed E-state index contributed by atoms with van der Waals surface area (Å²) in [6.07, 6.45) is 0. The van der Waals surface area contributed by atoms with Crippen molar-refractivity contribution in [2.24, 2.45) is 5.41 Å². The lowest BCUT2D eigenvalue weighted by Crippen LogP contribution is -2.30. The summed E-state index contributed by atoms with van der Waals surface area (Å²) < 4.78 is 5.28. The summed E-state index contributed by atoms with van der Waals surface area (Å²) in [5.41, 5.74) is 1.76. The normalized spacial score (nSPS) is 11.2. The summed E-state index contributed by atoms with van der Waals surface area (Å²) in [6.45, 7) is 8.98. The molecule has 0 N–H and O–H groups in total. The predicted octanol–water partition coefficient (Wildman–Crippen LogP) is 3.38. The molecule has 3 nitrogen and oxygen atoms in total. The molecule has 0 unspecified atom stereocenters. The first-order valence-electron chi connectivity index (χ1n) is 6.15. The lowest BCUT2D eigenvalue weighted by Gasteiger charge is -2.29. The Kier molecular flexibility index (Phi) is 4.38. The highest BCUT2D eigenvalue weighted by atomic mass is 16.5. The van der Waals surface area contributed by atoms with Crippen molar-refractivity contribution in [3.63, 3.8) is 0 Å². The standard InChI is InChI=1S/C15H23NO2/c1-11(17)14-12(8-7-9-13(14)18-6)16(5)10-15(2,3)4/h7-9H,10H2,1-6H3. The van der Waals surface area contributed by atoms with Crippen LogP contribution in [0.3, 0.4) is 0 Å². The molecule has 0 aliphatic rings. The third-order valence-electron chi connectivity index (χ3n) is 2.70. The Balaban J connectivity index is 3.19. The number of nitrogens with zero attached hydrogens (tertiary/aromatic N) is 1. The Morgan fingerprint density at radius 2 is 1.94 bits per heavy atom. The molecule has 18 heavy (non-hydrogen) atoms. The van der Waals surface area contributed by atoms with Crippen molar-refractivity contribution in [3.05, 3.63) is 23.8 Å². The van der Waals surface area contributed by atoms with E-state index < -0.39 is 0 Å². The molecule has 0 saturated heterocycles. The lowest BCUT2D eigenvalue weighted by molar-refractivity contribution is 0.101. The average Bonchev–Trinajstić information content (AvgIpc) is 2.25. The summed E-state index contributed by atoms with van der Waals surface area (Å²) in [6, 6.07) is 5.70. The van der Waals surface area contributed by atoms with E-state index in [9.17, 15) is 4.79 Å². The van der Waals surface area contributed by atoms with E-state index in [0.29, 0.717) is 11.3 Å². The summed E-state index contributed by atoms with van der Waals surface area (Å²) >= 11 is 0. The maximum Gasteiger partial charge on any atom is 0.165 e. The molecule has 0 aromatic heterocycles. The largest absolute Gasteiger partial charge is 0.496 e. The van der Waals surface area contributed by atoms with Crippen molar-refractivity contribution >= 4 is 11.5 Å². The fourth-order valence-electron chi connectivity index (χ4n) is 2.16. The van der Waals surface area contributed by atoms with Gasteiger partial charge in [0.15, 0.2) is 5.78 Å². The van der Waals surface area contributed by atoms with Crippen LogP contribution in [0.15, 0.2) is 18.2 Å². The van der Waals surface area contributed by atoms with Crippen LogP contribution < -0.4 is 9.64 Å². The van der Waals surface area contributed by atoms with Gasteiger partial charge in [0.25, 0.3) is 0 Å². The number of hydrogen-bond donors (Lipinski definition) is 0. The van der Waals surface area contributed by atoms with Gasteiger partial charge in [0, 0.05) is 13.6 Å². The van der Waals surface area contributed by atoms with Gasteiger partial charge in [-0.05, 0) is 24.5 Å². The van der Waals surface area contributed by atoms with Gasteiger partial charge in [0.05, 0.1) is 18.4 Å². The molecule has 0 amide bonds. The minimum Gasteiger partial charge on any atom is -0.496 e. The monoisotopic (exact) mass is 249 g/mol. The van der Waals surface area contributed by atoms with Crippen molar-refractivity contribution in [3.8, 4) is 5.75 Å². The molecule has 0 radical (unpaired) electrons. The van der Waals surface area contributed by atoms with Gasteiger partial charge in [-0.25, -0.2) is 0 Å². The second kappa shape index (κ2) is 5.42. The molecule has 0 heterocycles. The number of rotatable bonds is 4. The number of carbonyl (C=O) groups is 1. The summed E-state index contributed by atoms with van der Waals surface area (Å²) in [5.74, 6) is 0.670.